The van der Waals surface area contributed by atoms with Crippen LogP contribution < -0.4 is 0 Å². The fourth-order valence-electron chi connectivity index (χ4n) is 3.56. The van der Waals surface area contributed by atoms with Crippen LogP contribution in [0.4, 0.5) is 0 Å². The number of nitrogens with zero attached hydrogens (tertiary/aromatic N) is 3. The Balaban J connectivity index is 1.78. The van der Waals surface area contributed by atoms with Gasteiger partial charge in [-0.2, -0.15) is 5.10 Å². The van der Waals surface area contributed by atoms with Crippen LogP contribution in [0.3, 0.4) is 0 Å². The van der Waals surface area contributed by atoms with Gasteiger partial charge in [0.15, 0.2) is 0 Å². The number of aromatic nitrogens is 2. The molecule has 1 aromatic heterocycles. The van der Waals surface area contributed by atoms with Crippen LogP contribution in [-0.2, 0) is 16.1 Å². The highest BCUT2D eigenvalue weighted by atomic mass is 35.5. The lowest BCUT2D eigenvalue weighted by atomic mass is 10.1. The number of carbonyl (C=O) groups excluding carboxylic acids is 1. The van der Waals surface area contributed by atoms with Gasteiger partial charge in [0, 0.05) is 46.0 Å². The van der Waals surface area contributed by atoms with Gasteiger partial charge in [-0.25, -0.2) is 0 Å². The Morgan fingerprint density at radius 2 is 1.82 bits per heavy atom. The van der Waals surface area contributed by atoms with Crippen LogP contribution in [0.5, 0.6) is 0 Å². The second-order valence-electron chi connectivity index (χ2n) is 7.28. The molecule has 0 aliphatic carbocycles. The minimum Gasteiger partial charge on any atom is -0.372 e. The summed E-state index contributed by atoms with van der Waals surface area (Å²) in [6, 6.07) is 5.46. The first kappa shape index (κ1) is 20.9. The van der Waals surface area contributed by atoms with Crippen LogP contribution in [0.15, 0.2) is 24.3 Å². The van der Waals surface area contributed by atoms with E-state index in [1.165, 1.54) is 0 Å². The van der Waals surface area contributed by atoms with Gasteiger partial charge in [0.1, 0.15) is 0 Å². The highest BCUT2D eigenvalue weighted by molar-refractivity contribution is 6.35. The van der Waals surface area contributed by atoms with Gasteiger partial charge in [-0.3, -0.25) is 9.48 Å². The largest absolute Gasteiger partial charge is 0.372 e. The topological polar surface area (TPSA) is 47.4 Å². The van der Waals surface area contributed by atoms with E-state index in [0.717, 1.165) is 22.5 Å². The zero-order valence-corrected chi connectivity index (χ0v) is 18.1. The summed E-state index contributed by atoms with van der Waals surface area (Å²) in [4.78, 5) is 14.4. The van der Waals surface area contributed by atoms with Gasteiger partial charge in [-0.05, 0) is 45.9 Å². The average Bonchev–Trinajstić information content (AvgIpc) is 2.88. The number of aryl methyl sites for hydroxylation is 1. The second-order valence-corrected chi connectivity index (χ2v) is 8.09. The van der Waals surface area contributed by atoms with Crippen LogP contribution in [0, 0.1) is 13.8 Å². The molecule has 2 aromatic rings. The summed E-state index contributed by atoms with van der Waals surface area (Å²) < 4.78 is 7.56. The number of morpholine rings is 1. The molecular formula is C21H25Cl2N3O2. The summed E-state index contributed by atoms with van der Waals surface area (Å²) >= 11 is 12.6. The molecule has 1 saturated heterocycles. The molecule has 2 atom stereocenters. The number of rotatable bonds is 4. The molecule has 3 rings (SSSR count). The summed E-state index contributed by atoms with van der Waals surface area (Å²) in [5.74, 6) is -0.0114. The third kappa shape index (κ3) is 4.59. The van der Waals surface area contributed by atoms with Crippen molar-refractivity contribution in [3.8, 4) is 0 Å². The van der Waals surface area contributed by atoms with Crippen LogP contribution >= 0.6 is 23.2 Å². The molecule has 2 heterocycles. The Bertz CT molecular complexity index is 877. The second kappa shape index (κ2) is 8.68. The highest BCUT2D eigenvalue weighted by Crippen LogP contribution is 2.26. The number of amides is 1. The predicted octanol–water partition coefficient (Wildman–Crippen LogP) is 4.50. The van der Waals surface area contributed by atoms with Gasteiger partial charge >= 0.3 is 0 Å². The van der Waals surface area contributed by atoms with Crippen molar-refractivity contribution in [3.05, 3.63) is 56.8 Å². The van der Waals surface area contributed by atoms with Crippen LogP contribution in [-0.4, -0.2) is 45.9 Å². The zero-order valence-electron chi connectivity index (χ0n) is 16.6. The van der Waals surface area contributed by atoms with Gasteiger partial charge in [0.25, 0.3) is 0 Å². The lowest BCUT2D eigenvalue weighted by Crippen LogP contribution is -2.47. The van der Waals surface area contributed by atoms with E-state index in [1.54, 1.807) is 6.08 Å². The van der Waals surface area contributed by atoms with Gasteiger partial charge in [-0.15, -0.1) is 0 Å². The molecular weight excluding hydrogens is 397 g/mol. The summed E-state index contributed by atoms with van der Waals surface area (Å²) in [5, 5.41) is 5.83. The normalized spacial score (nSPS) is 20.1. The molecule has 1 aromatic carbocycles. The number of halogens is 2. The van der Waals surface area contributed by atoms with E-state index in [2.05, 4.69) is 5.10 Å². The Kier molecular flexibility index (Phi) is 6.48. The molecule has 7 heteroatoms. The molecule has 0 spiro atoms. The van der Waals surface area contributed by atoms with Crippen molar-refractivity contribution in [2.45, 2.75) is 46.4 Å². The maximum Gasteiger partial charge on any atom is 0.246 e. The van der Waals surface area contributed by atoms with E-state index < -0.39 is 0 Å². The molecule has 1 amide bonds. The Hall–Kier alpha value is -1.82. The first-order valence-corrected chi connectivity index (χ1v) is 10.1. The third-order valence-electron chi connectivity index (χ3n) is 4.93. The van der Waals surface area contributed by atoms with Gasteiger partial charge in [0.2, 0.25) is 5.91 Å². The third-order valence-corrected chi connectivity index (χ3v) is 5.64. The van der Waals surface area contributed by atoms with Gasteiger partial charge in [0.05, 0.1) is 24.4 Å². The van der Waals surface area contributed by atoms with E-state index in [-0.39, 0.29) is 18.1 Å². The quantitative estimate of drug-likeness (QED) is 0.682. The van der Waals surface area contributed by atoms with Crippen molar-refractivity contribution in [1.29, 1.82) is 0 Å². The highest BCUT2D eigenvalue weighted by Gasteiger charge is 2.24. The molecule has 28 heavy (non-hydrogen) atoms. The SMILES string of the molecule is Cc1nn(Cc2c(Cl)cccc2Cl)c(C)c1/C=C/C(=O)N1CC(C)OC(C)C1. The predicted molar refractivity (Wildman–Crippen MR) is 113 cm³/mol. The minimum absolute atomic E-state index is 0.0114. The first-order chi connectivity index (χ1) is 13.3. The Morgan fingerprint density at radius 1 is 1.21 bits per heavy atom. The standard InChI is InChI=1S/C21H25Cl2N3O2/c1-13-10-25(11-14(2)28-13)21(27)9-8-17-15(3)24-26(16(17)4)12-18-19(22)6-5-7-20(18)23/h5-9,13-14H,10-12H2,1-4H3/b9-8+. The Morgan fingerprint density at radius 3 is 2.43 bits per heavy atom. The maximum absolute atomic E-state index is 12.6. The maximum atomic E-state index is 12.6. The van der Waals surface area contributed by atoms with Crippen molar-refractivity contribution in [2.75, 3.05) is 13.1 Å². The molecule has 1 aliphatic heterocycles. The molecule has 0 saturated carbocycles. The lowest BCUT2D eigenvalue weighted by Gasteiger charge is -2.34. The molecule has 1 aliphatic rings. The molecule has 5 nitrogen and oxygen atoms in total. The zero-order chi connectivity index (χ0) is 20.4. The summed E-state index contributed by atoms with van der Waals surface area (Å²) in [5.41, 5.74) is 3.58. The van der Waals surface area contributed by atoms with Crippen LogP contribution in [0.2, 0.25) is 10.0 Å². The van der Waals surface area contributed by atoms with E-state index in [1.807, 2.05) is 61.6 Å². The van der Waals surface area contributed by atoms with Crippen molar-refractivity contribution in [1.82, 2.24) is 14.7 Å². The van der Waals surface area contributed by atoms with Gasteiger partial charge in [-0.1, -0.05) is 29.3 Å². The summed E-state index contributed by atoms with van der Waals surface area (Å²) in [6.07, 6.45) is 3.56. The molecule has 0 N–H and O–H groups in total. The van der Waals surface area contributed by atoms with Crippen molar-refractivity contribution >= 4 is 35.2 Å². The van der Waals surface area contributed by atoms with E-state index in [0.29, 0.717) is 29.7 Å². The van der Waals surface area contributed by atoms with Crippen molar-refractivity contribution in [3.63, 3.8) is 0 Å². The number of hydrogen-bond acceptors (Lipinski definition) is 3. The number of benzene rings is 1. The van der Waals surface area contributed by atoms with E-state index >= 15 is 0 Å². The van der Waals surface area contributed by atoms with Crippen molar-refractivity contribution in [2.24, 2.45) is 0 Å². The van der Waals surface area contributed by atoms with E-state index in [9.17, 15) is 4.79 Å². The van der Waals surface area contributed by atoms with Crippen LogP contribution in [0.25, 0.3) is 6.08 Å². The number of ether oxygens (including phenoxy) is 1. The average molecular weight is 422 g/mol. The summed E-state index contributed by atoms with van der Waals surface area (Å²) in [6.45, 7) is 9.57. The monoisotopic (exact) mass is 421 g/mol. The van der Waals surface area contributed by atoms with Crippen molar-refractivity contribution < 1.29 is 9.53 Å². The molecule has 0 bridgehead atoms. The smallest absolute Gasteiger partial charge is 0.246 e. The fourth-order valence-corrected chi connectivity index (χ4v) is 4.07. The summed E-state index contributed by atoms with van der Waals surface area (Å²) in [7, 11) is 0. The molecule has 2 unspecified atom stereocenters. The molecule has 0 radical (unpaired) electrons. The minimum atomic E-state index is -0.0114. The lowest BCUT2D eigenvalue weighted by molar-refractivity contribution is -0.137. The number of hydrogen-bond donors (Lipinski definition) is 0. The fraction of sp³-hybridized carbons (Fsp3) is 0.429. The molecule has 1 fully saturated rings. The number of carbonyl (C=O) groups is 1. The molecule has 150 valence electrons. The van der Waals surface area contributed by atoms with Crippen LogP contribution in [0.1, 0.15) is 36.4 Å². The first-order valence-electron chi connectivity index (χ1n) is 9.35. The Labute approximate surface area is 175 Å². The van der Waals surface area contributed by atoms with Gasteiger partial charge < -0.3 is 9.64 Å². The van der Waals surface area contributed by atoms with E-state index in [4.69, 9.17) is 27.9 Å².